The maximum atomic E-state index is 12.6. The van der Waals surface area contributed by atoms with Gasteiger partial charge in [-0.2, -0.15) is 0 Å². The number of rotatable bonds is 5. The SMILES string of the molecule is CCC(Oc1cccc(C)c1)C(=O)Nc1nc2c(s1)C(=O)CC(C)(C)C2. The first-order valence-corrected chi connectivity index (χ1v) is 9.66. The summed E-state index contributed by atoms with van der Waals surface area (Å²) in [6.45, 7) is 8.01. The van der Waals surface area contributed by atoms with Crippen LogP contribution >= 0.6 is 11.3 Å². The summed E-state index contributed by atoms with van der Waals surface area (Å²) in [6, 6.07) is 7.62. The number of hydrogen-bond acceptors (Lipinski definition) is 5. The maximum Gasteiger partial charge on any atom is 0.267 e. The third-order valence-electron chi connectivity index (χ3n) is 4.40. The van der Waals surface area contributed by atoms with Crippen LogP contribution < -0.4 is 10.1 Å². The Hall–Kier alpha value is -2.21. The first-order chi connectivity index (χ1) is 12.3. The molecule has 1 aromatic carbocycles. The minimum absolute atomic E-state index is 0.0837. The van der Waals surface area contributed by atoms with Crippen molar-refractivity contribution < 1.29 is 14.3 Å². The number of fused-ring (bicyclic) bond motifs is 1. The number of anilines is 1. The fourth-order valence-corrected chi connectivity index (χ4v) is 4.06. The molecule has 0 saturated carbocycles. The number of aryl methyl sites for hydroxylation is 1. The maximum absolute atomic E-state index is 12.6. The van der Waals surface area contributed by atoms with Crippen molar-refractivity contribution in [2.24, 2.45) is 5.41 Å². The Labute approximate surface area is 157 Å². The fraction of sp³-hybridized carbons (Fsp3) is 0.450. The van der Waals surface area contributed by atoms with Gasteiger partial charge in [0.2, 0.25) is 0 Å². The van der Waals surface area contributed by atoms with Gasteiger partial charge < -0.3 is 4.74 Å². The van der Waals surface area contributed by atoms with Gasteiger partial charge >= 0.3 is 0 Å². The van der Waals surface area contributed by atoms with Crippen molar-refractivity contribution in [2.45, 2.75) is 53.1 Å². The Morgan fingerprint density at radius 1 is 1.38 bits per heavy atom. The lowest BCUT2D eigenvalue weighted by Crippen LogP contribution is -2.32. The van der Waals surface area contributed by atoms with Crippen LogP contribution in [-0.4, -0.2) is 22.8 Å². The number of nitrogens with one attached hydrogen (secondary N) is 1. The van der Waals surface area contributed by atoms with E-state index in [2.05, 4.69) is 24.1 Å². The summed E-state index contributed by atoms with van der Waals surface area (Å²) in [5.41, 5.74) is 1.78. The molecule has 138 valence electrons. The number of hydrogen-bond donors (Lipinski definition) is 1. The van der Waals surface area contributed by atoms with Gasteiger partial charge in [-0.1, -0.05) is 44.2 Å². The average molecular weight is 372 g/mol. The van der Waals surface area contributed by atoms with E-state index in [4.69, 9.17) is 4.74 Å². The third kappa shape index (κ3) is 4.12. The van der Waals surface area contributed by atoms with Gasteiger partial charge in [0.15, 0.2) is 17.0 Å². The number of Topliss-reactive ketones (excluding diaryl/α,β-unsaturated/α-hetero) is 1. The van der Waals surface area contributed by atoms with Crippen LogP contribution in [0.15, 0.2) is 24.3 Å². The molecule has 3 rings (SSSR count). The summed E-state index contributed by atoms with van der Waals surface area (Å²) in [4.78, 5) is 30.1. The first kappa shape index (κ1) is 18.6. The van der Waals surface area contributed by atoms with Crippen molar-refractivity contribution in [2.75, 3.05) is 5.32 Å². The molecule has 5 nitrogen and oxygen atoms in total. The minimum Gasteiger partial charge on any atom is -0.481 e. The van der Waals surface area contributed by atoms with Crippen molar-refractivity contribution >= 4 is 28.2 Å². The van der Waals surface area contributed by atoms with Crippen LogP contribution in [0, 0.1) is 12.3 Å². The number of thiazole rings is 1. The van der Waals surface area contributed by atoms with Crippen molar-refractivity contribution in [1.29, 1.82) is 0 Å². The number of aromatic nitrogens is 1. The normalized spacial score (nSPS) is 16.7. The van der Waals surface area contributed by atoms with Gasteiger partial charge in [-0.15, -0.1) is 0 Å². The van der Waals surface area contributed by atoms with Crippen molar-refractivity contribution in [3.63, 3.8) is 0 Å². The molecule has 26 heavy (non-hydrogen) atoms. The van der Waals surface area contributed by atoms with Gasteiger partial charge in [0, 0.05) is 6.42 Å². The van der Waals surface area contributed by atoms with Crippen molar-refractivity contribution in [3.05, 3.63) is 40.4 Å². The van der Waals surface area contributed by atoms with Gasteiger partial charge in [0.1, 0.15) is 5.75 Å². The van der Waals surface area contributed by atoms with E-state index in [1.54, 1.807) is 0 Å². The number of carbonyl (C=O) groups excluding carboxylic acids is 2. The van der Waals surface area contributed by atoms with Crippen LogP contribution in [0.2, 0.25) is 0 Å². The van der Waals surface area contributed by atoms with Crippen LogP contribution in [0.4, 0.5) is 5.13 Å². The molecule has 0 aliphatic heterocycles. The zero-order valence-electron chi connectivity index (χ0n) is 15.6. The monoisotopic (exact) mass is 372 g/mol. The molecule has 1 heterocycles. The number of nitrogens with zero attached hydrogens (tertiary/aromatic N) is 1. The molecular weight excluding hydrogens is 348 g/mol. The van der Waals surface area contributed by atoms with E-state index in [0.717, 1.165) is 17.7 Å². The zero-order chi connectivity index (χ0) is 18.9. The minimum atomic E-state index is -0.607. The topological polar surface area (TPSA) is 68.3 Å². The first-order valence-electron chi connectivity index (χ1n) is 8.84. The van der Waals surface area contributed by atoms with E-state index in [1.807, 2.05) is 38.1 Å². The van der Waals surface area contributed by atoms with E-state index in [-0.39, 0.29) is 17.1 Å². The second-order valence-corrected chi connectivity index (χ2v) is 8.56. The van der Waals surface area contributed by atoms with E-state index in [9.17, 15) is 9.59 Å². The standard InChI is InChI=1S/C20H24N2O3S/c1-5-16(25-13-8-6-7-12(2)9-13)18(24)22-19-21-14-10-20(3,4)11-15(23)17(14)26-19/h6-9,16H,5,10-11H2,1-4H3,(H,21,22,24). The third-order valence-corrected chi connectivity index (χ3v) is 5.45. The van der Waals surface area contributed by atoms with Crippen LogP contribution in [-0.2, 0) is 11.2 Å². The quantitative estimate of drug-likeness (QED) is 0.844. The average Bonchev–Trinajstić information content (AvgIpc) is 2.93. The molecule has 0 radical (unpaired) electrons. The second-order valence-electron chi connectivity index (χ2n) is 7.56. The van der Waals surface area contributed by atoms with Crippen LogP contribution in [0.3, 0.4) is 0 Å². The lowest BCUT2D eigenvalue weighted by atomic mass is 9.78. The summed E-state index contributed by atoms with van der Waals surface area (Å²) >= 11 is 1.26. The molecular formula is C20H24N2O3S. The fourth-order valence-electron chi connectivity index (χ4n) is 3.13. The molecule has 0 bridgehead atoms. The van der Waals surface area contributed by atoms with Gasteiger partial charge in [0.05, 0.1) is 10.6 Å². The van der Waals surface area contributed by atoms with Crippen molar-refractivity contribution in [3.8, 4) is 5.75 Å². The number of ketones is 1. The van der Waals surface area contributed by atoms with E-state index in [1.165, 1.54) is 11.3 Å². The lowest BCUT2D eigenvalue weighted by Gasteiger charge is -2.26. The highest BCUT2D eigenvalue weighted by atomic mass is 32.1. The van der Waals surface area contributed by atoms with Crippen LogP contribution in [0.25, 0.3) is 0 Å². The summed E-state index contributed by atoms with van der Waals surface area (Å²) < 4.78 is 5.83. The molecule has 1 unspecified atom stereocenters. The summed E-state index contributed by atoms with van der Waals surface area (Å²) in [7, 11) is 0. The van der Waals surface area contributed by atoms with Crippen LogP contribution in [0.5, 0.6) is 5.75 Å². The van der Waals surface area contributed by atoms with Gasteiger partial charge in [-0.25, -0.2) is 4.98 Å². The molecule has 1 N–H and O–H groups in total. The molecule has 1 aromatic heterocycles. The van der Waals surface area contributed by atoms with E-state index in [0.29, 0.717) is 28.6 Å². The smallest absolute Gasteiger partial charge is 0.267 e. The molecule has 2 aromatic rings. The molecule has 0 fully saturated rings. The Morgan fingerprint density at radius 3 is 2.85 bits per heavy atom. The number of ether oxygens (including phenoxy) is 1. The Bertz CT molecular complexity index is 841. The molecule has 1 aliphatic rings. The van der Waals surface area contributed by atoms with Gasteiger partial charge in [-0.05, 0) is 42.9 Å². The van der Waals surface area contributed by atoms with Crippen molar-refractivity contribution in [1.82, 2.24) is 4.98 Å². The lowest BCUT2D eigenvalue weighted by molar-refractivity contribution is -0.122. The Morgan fingerprint density at radius 2 is 2.15 bits per heavy atom. The second kappa shape index (κ2) is 7.19. The highest BCUT2D eigenvalue weighted by Gasteiger charge is 2.34. The largest absolute Gasteiger partial charge is 0.481 e. The van der Waals surface area contributed by atoms with E-state index >= 15 is 0 Å². The van der Waals surface area contributed by atoms with E-state index < -0.39 is 6.10 Å². The molecule has 1 aliphatic carbocycles. The summed E-state index contributed by atoms with van der Waals surface area (Å²) in [5.74, 6) is 0.534. The summed E-state index contributed by atoms with van der Waals surface area (Å²) in [5, 5.41) is 3.29. The molecule has 6 heteroatoms. The Kier molecular flexibility index (Phi) is 5.14. The predicted octanol–water partition coefficient (Wildman–Crippen LogP) is 4.40. The zero-order valence-corrected chi connectivity index (χ0v) is 16.4. The van der Waals surface area contributed by atoms with Gasteiger partial charge in [0.25, 0.3) is 5.91 Å². The number of amides is 1. The highest BCUT2D eigenvalue weighted by Crippen LogP contribution is 2.38. The molecule has 0 saturated heterocycles. The number of carbonyl (C=O) groups is 2. The predicted molar refractivity (Wildman–Crippen MR) is 103 cm³/mol. The van der Waals surface area contributed by atoms with Gasteiger partial charge in [-0.3, -0.25) is 14.9 Å². The Balaban J connectivity index is 1.72. The van der Waals surface area contributed by atoms with Crippen LogP contribution in [0.1, 0.15) is 54.5 Å². The molecule has 0 spiro atoms. The summed E-state index contributed by atoms with van der Waals surface area (Å²) in [6.07, 6.45) is 1.20. The highest BCUT2D eigenvalue weighted by molar-refractivity contribution is 7.17. The molecule has 1 amide bonds. The molecule has 1 atom stereocenters. The number of benzene rings is 1.